The molecular formula is C18H18FN7O. The number of pyridine rings is 1. The summed E-state index contributed by atoms with van der Waals surface area (Å²) < 4.78 is 15.6. The lowest BCUT2D eigenvalue weighted by Gasteiger charge is -2.22. The van der Waals surface area contributed by atoms with Crippen molar-refractivity contribution in [3.63, 3.8) is 0 Å². The van der Waals surface area contributed by atoms with E-state index >= 15 is 0 Å². The molecule has 0 saturated carbocycles. The Balaban J connectivity index is 1.31. The predicted octanol–water partition coefficient (Wildman–Crippen LogP) is 1.18. The third-order valence-corrected chi connectivity index (χ3v) is 5.50. The number of likely N-dealkylation sites (tertiary alicyclic amines) is 1. The van der Waals surface area contributed by atoms with Gasteiger partial charge in [-0.25, -0.2) is 4.39 Å². The number of amides is 1. The number of hydrogen-bond acceptors (Lipinski definition) is 6. The van der Waals surface area contributed by atoms with Crippen LogP contribution in [0.5, 0.6) is 0 Å². The lowest BCUT2D eigenvalue weighted by atomic mass is 10.0. The van der Waals surface area contributed by atoms with Gasteiger partial charge in [0.15, 0.2) is 17.3 Å². The molecule has 2 aliphatic heterocycles. The number of hydrogen-bond donors (Lipinski definition) is 0. The molecule has 0 N–H and O–H groups in total. The summed E-state index contributed by atoms with van der Waals surface area (Å²) in [6.07, 6.45) is 2.53. The third-order valence-electron chi connectivity index (χ3n) is 5.50. The van der Waals surface area contributed by atoms with Crippen molar-refractivity contribution in [1.29, 1.82) is 0 Å². The van der Waals surface area contributed by atoms with Gasteiger partial charge in [0, 0.05) is 44.2 Å². The van der Waals surface area contributed by atoms with Gasteiger partial charge in [0.05, 0.1) is 11.8 Å². The van der Waals surface area contributed by atoms with Crippen LogP contribution in [0.15, 0.2) is 30.6 Å². The molecule has 0 spiro atoms. The number of carbonyl (C=O) groups is 1. The number of rotatable bonds is 2. The van der Waals surface area contributed by atoms with Gasteiger partial charge in [-0.05, 0) is 25.1 Å². The molecule has 2 aliphatic rings. The molecule has 2 fully saturated rings. The molecule has 3 aromatic heterocycles. The second-order valence-electron chi connectivity index (χ2n) is 7.20. The topological polar surface area (TPSA) is 79.5 Å². The van der Waals surface area contributed by atoms with Crippen LogP contribution >= 0.6 is 0 Å². The smallest absolute Gasteiger partial charge is 0.256 e. The Bertz CT molecular complexity index is 1020. The predicted molar refractivity (Wildman–Crippen MR) is 94.8 cm³/mol. The molecule has 2 saturated heterocycles. The van der Waals surface area contributed by atoms with Crippen LogP contribution in [0, 0.1) is 24.6 Å². The SMILES string of the molecule is Cc1nnc2ccc(N3CC4CN(C(=O)c5ccncc5F)CC4C3)nn12. The first-order valence-electron chi connectivity index (χ1n) is 8.93. The van der Waals surface area contributed by atoms with Gasteiger partial charge in [-0.1, -0.05) is 0 Å². The molecule has 5 heterocycles. The zero-order chi connectivity index (χ0) is 18.5. The third kappa shape index (κ3) is 2.61. The van der Waals surface area contributed by atoms with Gasteiger partial charge in [-0.2, -0.15) is 4.52 Å². The molecule has 0 aromatic carbocycles. The summed E-state index contributed by atoms with van der Waals surface area (Å²) in [6, 6.07) is 5.32. The standard InChI is InChI=1S/C18H18FN7O/c1-11-21-22-16-2-3-17(23-26(11)16)24-7-12-9-25(10-13(12)8-24)18(27)14-4-5-20-6-15(14)19/h2-6,12-13H,7-10H2,1H3. The van der Waals surface area contributed by atoms with E-state index in [9.17, 15) is 9.18 Å². The summed E-state index contributed by atoms with van der Waals surface area (Å²) in [5.74, 6) is 1.54. The van der Waals surface area contributed by atoms with Crippen molar-refractivity contribution in [2.24, 2.45) is 11.8 Å². The van der Waals surface area contributed by atoms with Crippen LogP contribution in [0.4, 0.5) is 10.2 Å². The highest BCUT2D eigenvalue weighted by Crippen LogP contribution is 2.34. The van der Waals surface area contributed by atoms with Crippen LogP contribution in [0.2, 0.25) is 0 Å². The summed E-state index contributed by atoms with van der Waals surface area (Å²) in [4.78, 5) is 20.3. The maximum Gasteiger partial charge on any atom is 0.256 e. The monoisotopic (exact) mass is 367 g/mol. The first-order valence-corrected chi connectivity index (χ1v) is 8.93. The highest BCUT2D eigenvalue weighted by molar-refractivity contribution is 5.94. The number of aromatic nitrogens is 5. The van der Waals surface area contributed by atoms with Crippen LogP contribution in [0.3, 0.4) is 0 Å². The number of anilines is 1. The first kappa shape index (κ1) is 16.1. The Labute approximate surface area is 154 Å². The number of fused-ring (bicyclic) bond motifs is 2. The Morgan fingerprint density at radius 2 is 1.89 bits per heavy atom. The van der Waals surface area contributed by atoms with Crippen molar-refractivity contribution < 1.29 is 9.18 Å². The van der Waals surface area contributed by atoms with Crippen LogP contribution in [-0.2, 0) is 0 Å². The van der Waals surface area contributed by atoms with Gasteiger partial charge in [0.25, 0.3) is 5.91 Å². The van der Waals surface area contributed by atoms with Gasteiger partial charge in [-0.3, -0.25) is 9.78 Å². The molecule has 1 amide bonds. The molecule has 8 nitrogen and oxygen atoms in total. The molecule has 0 radical (unpaired) electrons. The number of halogens is 1. The molecule has 5 rings (SSSR count). The summed E-state index contributed by atoms with van der Waals surface area (Å²) in [7, 11) is 0. The maximum atomic E-state index is 13.9. The Morgan fingerprint density at radius 3 is 2.63 bits per heavy atom. The maximum absolute atomic E-state index is 13.9. The second kappa shape index (κ2) is 5.97. The minimum atomic E-state index is -0.567. The average molecular weight is 367 g/mol. The highest BCUT2D eigenvalue weighted by Gasteiger charge is 2.42. The van der Waals surface area contributed by atoms with E-state index in [1.165, 1.54) is 12.3 Å². The van der Waals surface area contributed by atoms with Gasteiger partial charge < -0.3 is 9.80 Å². The van der Waals surface area contributed by atoms with E-state index in [-0.39, 0.29) is 11.5 Å². The largest absolute Gasteiger partial charge is 0.354 e. The van der Waals surface area contributed by atoms with E-state index in [0.717, 1.165) is 36.6 Å². The molecule has 138 valence electrons. The molecule has 9 heteroatoms. The Morgan fingerprint density at radius 1 is 1.11 bits per heavy atom. The molecule has 0 aliphatic carbocycles. The minimum Gasteiger partial charge on any atom is -0.354 e. The number of aryl methyl sites for hydroxylation is 1. The fourth-order valence-electron chi connectivity index (χ4n) is 4.12. The van der Waals surface area contributed by atoms with Crippen molar-refractivity contribution in [3.8, 4) is 0 Å². The summed E-state index contributed by atoms with van der Waals surface area (Å²) in [5.41, 5.74) is 0.823. The van der Waals surface area contributed by atoms with Crippen LogP contribution < -0.4 is 4.90 Å². The number of nitrogens with zero attached hydrogens (tertiary/aromatic N) is 7. The van der Waals surface area contributed by atoms with Crippen molar-refractivity contribution in [2.75, 3.05) is 31.1 Å². The van der Waals surface area contributed by atoms with E-state index in [2.05, 4.69) is 25.2 Å². The van der Waals surface area contributed by atoms with Crippen LogP contribution in [-0.4, -0.2) is 61.8 Å². The Kier molecular flexibility index (Phi) is 3.56. The van der Waals surface area contributed by atoms with Gasteiger partial charge in [0.2, 0.25) is 0 Å². The van der Waals surface area contributed by atoms with Crippen LogP contribution in [0.25, 0.3) is 5.65 Å². The average Bonchev–Trinajstić information content (AvgIpc) is 3.35. The first-order chi connectivity index (χ1) is 13.1. The van der Waals surface area contributed by atoms with E-state index in [0.29, 0.717) is 24.9 Å². The van der Waals surface area contributed by atoms with Gasteiger partial charge in [0.1, 0.15) is 5.82 Å². The summed E-state index contributed by atoms with van der Waals surface area (Å²) in [6.45, 7) is 4.79. The van der Waals surface area contributed by atoms with Crippen molar-refractivity contribution in [1.82, 2.24) is 29.7 Å². The van der Waals surface area contributed by atoms with Gasteiger partial charge in [-0.15, -0.1) is 15.3 Å². The highest BCUT2D eigenvalue weighted by atomic mass is 19.1. The zero-order valence-electron chi connectivity index (χ0n) is 14.8. The molecule has 27 heavy (non-hydrogen) atoms. The van der Waals surface area contributed by atoms with Crippen molar-refractivity contribution >= 4 is 17.4 Å². The van der Waals surface area contributed by atoms with Crippen molar-refractivity contribution in [2.45, 2.75) is 6.92 Å². The molecule has 3 aromatic rings. The van der Waals surface area contributed by atoms with E-state index in [4.69, 9.17) is 0 Å². The fraction of sp³-hybridized carbons (Fsp3) is 0.389. The fourth-order valence-corrected chi connectivity index (χ4v) is 4.12. The number of carbonyl (C=O) groups excluding carboxylic acids is 1. The molecule has 2 atom stereocenters. The van der Waals surface area contributed by atoms with Gasteiger partial charge >= 0.3 is 0 Å². The minimum absolute atomic E-state index is 0.0945. The molecule has 2 unspecified atom stereocenters. The second-order valence-corrected chi connectivity index (χ2v) is 7.20. The van der Waals surface area contributed by atoms with Crippen molar-refractivity contribution in [3.05, 3.63) is 47.8 Å². The lowest BCUT2D eigenvalue weighted by Crippen LogP contribution is -2.34. The summed E-state index contributed by atoms with van der Waals surface area (Å²) in [5, 5.41) is 12.7. The molecular weight excluding hydrogens is 349 g/mol. The summed E-state index contributed by atoms with van der Waals surface area (Å²) >= 11 is 0. The van der Waals surface area contributed by atoms with E-state index in [1.807, 2.05) is 19.1 Å². The van der Waals surface area contributed by atoms with Crippen LogP contribution in [0.1, 0.15) is 16.2 Å². The Hall–Kier alpha value is -3.10. The lowest BCUT2D eigenvalue weighted by molar-refractivity contribution is 0.0777. The normalized spacial score (nSPS) is 21.9. The van der Waals surface area contributed by atoms with E-state index in [1.54, 1.807) is 9.42 Å². The quantitative estimate of drug-likeness (QED) is 0.677. The van der Waals surface area contributed by atoms with E-state index < -0.39 is 5.82 Å². The zero-order valence-corrected chi connectivity index (χ0v) is 14.8. The molecule has 0 bridgehead atoms.